The van der Waals surface area contributed by atoms with Crippen molar-refractivity contribution >= 4 is 10.0 Å². The van der Waals surface area contributed by atoms with Crippen molar-refractivity contribution in [2.75, 3.05) is 18.8 Å². The minimum Gasteiger partial charge on any atom is -0.317 e. The lowest BCUT2D eigenvalue weighted by Crippen LogP contribution is -2.43. The third-order valence-electron chi connectivity index (χ3n) is 4.90. The summed E-state index contributed by atoms with van der Waals surface area (Å²) in [4.78, 5) is 0. The highest BCUT2D eigenvalue weighted by molar-refractivity contribution is 7.89. The van der Waals surface area contributed by atoms with Crippen LogP contribution < -0.4 is 10.0 Å². The van der Waals surface area contributed by atoms with Gasteiger partial charge in [0.15, 0.2) is 0 Å². The Kier molecular flexibility index (Phi) is 6.30. The zero-order chi connectivity index (χ0) is 14.4. The van der Waals surface area contributed by atoms with Crippen LogP contribution in [-0.4, -0.2) is 33.3 Å². The van der Waals surface area contributed by atoms with Crippen LogP contribution >= 0.6 is 0 Å². The number of rotatable bonds is 6. The van der Waals surface area contributed by atoms with Crippen molar-refractivity contribution in [3.63, 3.8) is 0 Å². The van der Waals surface area contributed by atoms with Crippen LogP contribution in [0.25, 0.3) is 0 Å². The third kappa shape index (κ3) is 5.01. The van der Waals surface area contributed by atoms with Crippen molar-refractivity contribution < 1.29 is 8.42 Å². The predicted molar refractivity (Wildman–Crippen MR) is 83.2 cm³/mol. The quantitative estimate of drug-likeness (QED) is 0.791. The van der Waals surface area contributed by atoms with Gasteiger partial charge in [0.2, 0.25) is 10.0 Å². The first-order valence-electron chi connectivity index (χ1n) is 8.31. The summed E-state index contributed by atoms with van der Waals surface area (Å²) in [5.41, 5.74) is 0. The van der Waals surface area contributed by atoms with Crippen LogP contribution in [0.5, 0.6) is 0 Å². The highest BCUT2D eigenvalue weighted by atomic mass is 32.2. The van der Waals surface area contributed by atoms with E-state index in [2.05, 4.69) is 17.0 Å². The summed E-state index contributed by atoms with van der Waals surface area (Å²) >= 11 is 0. The Hall–Kier alpha value is -0.130. The molecule has 2 rings (SSSR count). The molecule has 0 bridgehead atoms. The molecule has 20 heavy (non-hydrogen) atoms. The van der Waals surface area contributed by atoms with E-state index in [1.54, 1.807) is 0 Å². The summed E-state index contributed by atoms with van der Waals surface area (Å²) in [6, 6.07) is 0.155. The van der Waals surface area contributed by atoms with E-state index in [4.69, 9.17) is 0 Å². The topological polar surface area (TPSA) is 58.2 Å². The molecular formula is C15H30N2O2S. The Bertz CT molecular complexity index is 371. The molecule has 1 aliphatic carbocycles. The fourth-order valence-corrected chi connectivity index (χ4v) is 5.56. The summed E-state index contributed by atoms with van der Waals surface area (Å²) in [6.07, 6.45) is 9.10. The lowest BCUT2D eigenvalue weighted by molar-refractivity contribution is 0.284. The van der Waals surface area contributed by atoms with Crippen LogP contribution in [0.1, 0.15) is 58.3 Å². The predicted octanol–water partition coefficient (Wildman–Crippen LogP) is 2.26. The summed E-state index contributed by atoms with van der Waals surface area (Å²) in [5.74, 6) is 1.20. The van der Waals surface area contributed by atoms with E-state index in [0.717, 1.165) is 32.4 Å². The Morgan fingerprint density at radius 3 is 2.35 bits per heavy atom. The van der Waals surface area contributed by atoms with Gasteiger partial charge < -0.3 is 5.32 Å². The van der Waals surface area contributed by atoms with Gasteiger partial charge in [0.25, 0.3) is 0 Å². The lowest BCUT2D eigenvalue weighted by atomic mass is 9.83. The van der Waals surface area contributed by atoms with E-state index in [9.17, 15) is 8.42 Å². The summed E-state index contributed by atoms with van der Waals surface area (Å²) in [5, 5.41) is 3.29. The van der Waals surface area contributed by atoms with Gasteiger partial charge in [0, 0.05) is 6.04 Å². The normalized spacial score (nSPS) is 24.6. The van der Waals surface area contributed by atoms with Gasteiger partial charge in [-0.15, -0.1) is 0 Å². The first-order valence-corrected chi connectivity index (χ1v) is 9.96. The minimum absolute atomic E-state index is 0.155. The second-order valence-electron chi connectivity index (χ2n) is 6.51. The third-order valence-corrected chi connectivity index (χ3v) is 6.48. The van der Waals surface area contributed by atoms with Crippen molar-refractivity contribution in [2.24, 2.45) is 11.8 Å². The first kappa shape index (κ1) is 16.2. The van der Waals surface area contributed by atoms with Crippen LogP contribution in [0.4, 0.5) is 0 Å². The molecule has 2 N–H and O–H groups in total. The number of hydrogen-bond donors (Lipinski definition) is 2. The van der Waals surface area contributed by atoms with Gasteiger partial charge in [-0.25, -0.2) is 13.1 Å². The molecule has 1 unspecified atom stereocenters. The van der Waals surface area contributed by atoms with Crippen LogP contribution in [0.3, 0.4) is 0 Å². The van der Waals surface area contributed by atoms with E-state index < -0.39 is 10.0 Å². The molecule has 0 radical (unpaired) electrons. The van der Waals surface area contributed by atoms with E-state index in [-0.39, 0.29) is 6.04 Å². The molecule has 1 saturated heterocycles. The Morgan fingerprint density at radius 2 is 1.75 bits per heavy atom. The van der Waals surface area contributed by atoms with Crippen molar-refractivity contribution in [1.82, 2.24) is 10.0 Å². The van der Waals surface area contributed by atoms with Crippen molar-refractivity contribution in [2.45, 2.75) is 64.3 Å². The number of piperidine rings is 1. The second kappa shape index (κ2) is 7.76. The van der Waals surface area contributed by atoms with Gasteiger partial charge in [-0.3, -0.25) is 0 Å². The van der Waals surface area contributed by atoms with Gasteiger partial charge in [-0.05, 0) is 57.0 Å². The number of hydrogen-bond acceptors (Lipinski definition) is 3. The Morgan fingerprint density at radius 1 is 1.10 bits per heavy atom. The lowest BCUT2D eigenvalue weighted by Gasteiger charge is -2.31. The van der Waals surface area contributed by atoms with Crippen molar-refractivity contribution in [1.29, 1.82) is 0 Å². The van der Waals surface area contributed by atoms with Crippen LogP contribution in [0.2, 0.25) is 0 Å². The molecule has 1 aliphatic heterocycles. The molecule has 4 nitrogen and oxygen atoms in total. The van der Waals surface area contributed by atoms with Gasteiger partial charge in [-0.2, -0.15) is 0 Å². The molecule has 1 saturated carbocycles. The maximum atomic E-state index is 12.4. The number of nitrogens with one attached hydrogen (secondary N) is 2. The Balaban J connectivity index is 1.87. The molecular weight excluding hydrogens is 272 g/mol. The molecule has 1 heterocycles. The zero-order valence-electron chi connectivity index (χ0n) is 12.7. The smallest absolute Gasteiger partial charge is 0.212 e. The highest BCUT2D eigenvalue weighted by Crippen LogP contribution is 2.28. The molecule has 2 aliphatic rings. The van der Waals surface area contributed by atoms with Crippen molar-refractivity contribution in [3.05, 3.63) is 0 Å². The fraction of sp³-hybridized carbons (Fsp3) is 1.00. The fourth-order valence-electron chi connectivity index (χ4n) is 3.69. The molecule has 1 atom stereocenters. The van der Waals surface area contributed by atoms with Gasteiger partial charge >= 0.3 is 0 Å². The molecule has 0 aromatic heterocycles. The van der Waals surface area contributed by atoms with Crippen LogP contribution in [0.15, 0.2) is 0 Å². The van der Waals surface area contributed by atoms with Gasteiger partial charge in [-0.1, -0.05) is 26.2 Å². The molecule has 0 aromatic rings. The van der Waals surface area contributed by atoms with Gasteiger partial charge in [0.05, 0.1) is 5.75 Å². The SMILES string of the molecule is CCC(NS(=O)(=O)CC1CCNCC1)C1CCCCC1. The van der Waals surface area contributed by atoms with E-state index in [1.807, 2.05) is 0 Å². The summed E-state index contributed by atoms with van der Waals surface area (Å²) in [6.45, 7) is 4.02. The summed E-state index contributed by atoms with van der Waals surface area (Å²) in [7, 11) is -3.12. The second-order valence-corrected chi connectivity index (χ2v) is 8.30. The average molecular weight is 302 g/mol. The maximum absolute atomic E-state index is 12.4. The maximum Gasteiger partial charge on any atom is 0.212 e. The first-order chi connectivity index (χ1) is 9.61. The Labute approximate surface area is 124 Å². The van der Waals surface area contributed by atoms with Crippen molar-refractivity contribution in [3.8, 4) is 0 Å². The van der Waals surface area contributed by atoms with E-state index in [1.165, 1.54) is 32.1 Å². The monoisotopic (exact) mass is 302 g/mol. The van der Waals surface area contributed by atoms with Gasteiger partial charge in [0.1, 0.15) is 0 Å². The van der Waals surface area contributed by atoms with E-state index in [0.29, 0.717) is 17.6 Å². The molecule has 0 amide bonds. The number of sulfonamides is 1. The largest absolute Gasteiger partial charge is 0.317 e. The molecule has 5 heteroatoms. The highest BCUT2D eigenvalue weighted by Gasteiger charge is 2.28. The molecule has 2 fully saturated rings. The summed E-state index contributed by atoms with van der Waals surface area (Å²) < 4.78 is 27.8. The van der Waals surface area contributed by atoms with Crippen LogP contribution in [-0.2, 0) is 10.0 Å². The minimum atomic E-state index is -3.12. The molecule has 118 valence electrons. The molecule has 0 spiro atoms. The molecule has 0 aromatic carbocycles. The van der Waals surface area contributed by atoms with E-state index >= 15 is 0 Å². The standard InChI is InChI=1S/C15H30N2O2S/c1-2-15(14-6-4-3-5-7-14)17-20(18,19)12-13-8-10-16-11-9-13/h13-17H,2-12H2,1H3. The average Bonchev–Trinajstić information content (AvgIpc) is 2.46. The zero-order valence-corrected chi connectivity index (χ0v) is 13.6. The van der Waals surface area contributed by atoms with Crippen LogP contribution in [0, 0.1) is 11.8 Å².